The van der Waals surface area contributed by atoms with Crippen LogP contribution in [0.4, 0.5) is 5.82 Å². The van der Waals surface area contributed by atoms with Crippen molar-refractivity contribution in [3.05, 3.63) is 12.2 Å². The van der Waals surface area contributed by atoms with Crippen molar-refractivity contribution in [2.24, 2.45) is 0 Å². The summed E-state index contributed by atoms with van der Waals surface area (Å²) in [4.78, 5) is 23.8. The summed E-state index contributed by atoms with van der Waals surface area (Å²) in [6, 6.07) is 0. The molecule has 3 heterocycles. The van der Waals surface area contributed by atoms with Gasteiger partial charge in [0.05, 0.1) is 6.33 Å². The number of hydrogen-bond donors (Lipinski definition) is 4. The van der Waals surface area contributed by atoms with Crippen LogP contribution in [0.25, 0.3) is 11.2 Å². The number of anilines is 1. The van der Waals surface area contributed by atoms with Gasteiger partial charge >= 0.3 is 0 Å². The minimum atomic E-state index is -1.23. The number of aliphatic hydroxyl groups excluding tert-OH is 2. The highest BCUT2D eigenvalue weighted by Gasteiger charge is 2.44. The molecule has 0 radical (unpaired) electrons. The van der Waals surface area contributed by atoms with Gasteiger partial charge in [0.2, 0.25) is 11.7 Å². The van der Waals surface area contributed by atoms with Gasteiger partial charge in [-0.2, -0.15) is 0 Å². The number of nitrogens with one attached hydrogen (secondary N) is 1. The molecule has 5 N–H and O–H groups in total. The molecular formula is C18H24N6O4. The topological polar surface area (TPSA) is 148 Å². The van der Waals surface area contributed by atoms with E-state index >= 15 is 0 Å². The number of rotatable bonds is 5. The SMILES string of the molecule is CCCCC#Cc1nc(N)c2ncn(C3O[C@H](CNC(C)=O)[C@@H](O)[C@H]3O)c2n1. The fourth-order valence-electron chi connectivity index (χ4n) is 2.96. The molecule has 1 saturated heterocycles. The summed E-state index contributed by atoms with van der Waals surface area (Å²) < 4.78 is 7.24. The Labute approximate surface area is 162 Å². The quantitative estimate of drug-likeness (QED) is 0.403. The van der Waals surface area contributed by atoms with E-state index in [0.29, 0.717) is 11.2 Å². The number of aliphatic hydroxyl groups is 2. The van der Waals surface area contributed by atoms with Gasteiger partial charge in [-0.15, -0.1) is 0 Å². The van der Waals surface area contributed by atoms with E-state index in [1.807, 2.05) is 0 Å². The largest absolute Gasteiger partial charge is 0.387 e. The molecule has 2 aromatic heterocycles. The maximum absolute atomic E-state index is 11.1. The highest BCUT2D eigenvalue weighted by molar-refractivity contribution is 5.82. The van der Waals surface area contributed by atoms with Gasteiger partial charge in [0.25, 0.3) is 0 Å². The second-order valence-corrected chi connectivity index (χ2v) is 6.65. The van der Waals surface area contributed by atoms with Gasteiger partial charge in [-0.25, -0.2) is 15.0 Å². The molecule has 150 valence electrons. The lowest BCUT2D eigenvalue weighted by Crippen LogP contribution is -2.39. The number of aromatic nitrogens is 4. The van der Waals surface area contributed by atoms with E-state index in [0.717, 1.165) is 19.3 Å². The van der Waals surface area contributed by atoms with Crippen LogP contribution >= 0.6 is 0 Å². The van der Waals surface area contributed by atoms with E-state index in [1.165, 1.54) is 17.8 Å². The summed E-state index contributed by atoms with van der Waals surface area (Å²) in [6.07, 6.45) is 0.0704. The number of nitrogen functional groups attached to an aromatic ring is 1. The Morgan fingerprint density at radius 1 is 1.39 bits per heavy atom. The highest BCUT2D eigenvalue weighted by Crippen LogP contribution is 2.31. The first-order valence-electron chi connectivity index (χ1n) is 9.17. The van der Waals surface area contributed by atoms with Gasteiger partial charge in [0, 0.05) is 19.9 Å². The summed E-state index contributed by atoms with van der Waals surface area (Å²) in [5.41, 5.74) is 6.68. The molecule has 10 heteroatoms. The molecule has 0 bridgehead atoms. The lowest BCUT2D eigenvalue weighted by Gasteiger charge is -2.16. The molecule has 1 amide bonds. The molecule has 28 heavy (non-hydrogen) atoms. The molecule has 1 fully saturated rings. The fourth-order valence-corrected chi connectivity index (χ4v) is 2.96. The van der Waals surface area contributed by atoms with Crippen molar-refractivity contribution in [1.82, 2.24) is 24.8 Å². The normalized spacial score (nSPS) is 24.1. The maximum Gasteiger partial charge on any atom is 0.216 e. The third-order valence-electron chi connectivity index (χ3n) is 4.47. The standard InChI is InChI=1S/C18H24N6O4/c1-3-4-5-6-7-12-22-16(19)13-17(23-12)24(9-21-13)18-15(27)14(26)11(28-18)8-20-10(2)25/h9,11,14-15,18,26-27H,3-5,8H2,1-2H3,(H,20,25)(H2,19,22,23)/t11-,14-,15-,18?/m1/s1. The van der Waals surface area contributed by atoms with Gasteiger partial charge in [-0.05, 0) is 12.3 Å². The van der Waals surface area contributed by atoms with Gasteiger partial charge in [-0.3, -0.25) is 9.36 Å². The first-order chi connectivity index (χ1) is 13.4. The van der Waals surface area contributed by atoms with E-state index in [4.69, 9.17) is 10.5 Å². The Bertz CT molecular complexity index is 918. The molecule has 0 aromatic carbocycles. The molecule has 2 aromatic rings. The number of nitrogens with zero attached hydrogens (tertiary/aromatic N) is 4. The number of imidazole rings is 1. The Morgan fingerprint density at radius 2 is 2.18 bits per heavy atom. The molecule has 0 spiro atoms. The van der Waals surface area contributed by atoms with Crippen LogP contribution in [0.5, 0.6) is 0 Å². The van der Waals surface area contributed by atoms with E-state index in [1.54, 1.807) is 0 Å². The minimum absolute atomic E-state index is 0.0714. The van der Waals surface area contributed by atoms with Crippen molar-refractivity contribution in [1.29, 1.82) is 0 Å². The summed E-state index contributed by atoms with van der Waals surface area (Å²) >= 11 is 0. The summed E-state index contributed by atoms with van der Waals surface area (Å²) in [5, 5.41) is 23.2. The molecular weight excluding hydrogens is 364 g/mol. The predicted octanol–water partition coefficient (Wildman–Crippen LogP) is -0.294. The molecule has 0 aliphatic carbocycles. The van der Waals surface area contributed by atoms with Gasteiger partial charge in [0.15, 0.2) is 17.7 Å². The third kappa shape index (κ3) is 4.06. The summed E-state index contributed by atoms with van der Waals surface area (Å²) in [7, 11) is 0. The molecule has 1 unspecified atom stereocenters. The van der Waals surface area contributed by atoms with E-state index in [2.05, 4.69) is 39.0 Å². The van der Waals surface area contributed by atoms with E-state index in [9.17, 15) is 15.0 Å². The van der Waals surface area contributed by atoms with Crippen LogP contribution in [-0.4, -0.2) is 60.5 Å². The molecule has 0 saturated carbocycles. The van der Waals surface area contributed by atoms with E-state index in [-0.39, 0.29) is 24.1 Å². The Hall–Kier alpha value is -2.74. The van der Waals surface area contributed by atoms with Crippen LogP contribution in [-0.2, 0) is 9.53 Å². The number of nitrogens with two attached hydrogens (primary N) is 1. The predicted molar refractivity (Wildman–Crippen MR) is 101 cm³/mol. The second kappa shape index (κ2) is 8.52. The average molecular weight is 388 g/mol. The minimum Gasteiger partial charge on any atom is -0.387 e. The maximum atomic E-state index is 11.1. The zero-order valence-corrected chi connectivity index (χ0v) is 15.8. The monoisotopic (exact) mass is 388 g/mol. The van der Waals surface area contributed by atoms with Crippen molar-refractivity contribution >= 4 is 22.9 Å². The number of hydrogen-bond acceptors (Lipinski definition) is 8. The van der Waals surface area contributed by atoms with Crippen molar-refractivity contribution in [3.63, 3.8) is 0 Å². The first-order valence-corrected chi connectivity index (χ1v) is 9.17. The highest BCUT2D eigenvalue weighted by atomic mass is 16.6. The number of unbranched alkanes of at least 4 members (excludes halogenated alkanes) is 2. The zero-order chi connectivity index (χ0) is 20.3. The number of carbonyl (C=O) groups is 1. The number of amides is 1. The lowest BCUT2D eigenvalue weighted by atomic mass is 10.1. The Morgan fingerprint density at radius 3 is 2.89 bits per heavy atom. The van der Waals surface area contributed by atoms with Crippen LogP contribution < -0.4 is 11.1 Å². The van der Waals surface area contributed by atoms with Crippen molar-refractivity contribution < 1.29 is 19.7 Å². The summed E-state index contributed by atoms with van der Waals surface area (Å²) in [5.74, 6) is 6.06. The van der Waals surface area contributed by atoms with Crippen LogP contribution in [0.15, 0.2) is 6.33 Å². The lowest BCUT2D eigenvalue weighted by molar-refractivity contribution is -0.120. The van der Waals surface area contributed by atoms with Gasteiger partial charge in [-0.1, -0.05) is 19.3 Å². The van der Waals surface area contributed by atoms with Crippen molar-refractivity contribution in [2.45, 2.75) is 57.6 Å². The van der Waals surface area contributed by atoms with Crippen molar-refractivity contribution in [2.75, 3.05) is 12.3 Å². The number of carbonyl (C=O) groups excluding carboxylic acids is 1. The summed E-state index contributed by atoms with van der Waals surface area (Å²) in [6.45, 7) is 3.52. The Balaban J connectivity index is 1.89. The smallest absolute Gasteiger partial charge is 0.216 e. The van der Waals surface area contributed by atoms with E-state index < -0.39 is 24.5 Å². The van der Waals surface area contributed by atoms with Gasteiger partial charge < -0.3 is 26.0 Å². The molecule has 10 nitrogen and oxygen atoms in total. The molecule has 4 atom stereocenters. The second-order valence-electron chi connectivity index (χ2n) is 6.65. The van der Waals surface area contributed by atoms with Crippen LogP contribution in [0.3, 0.4) is 0 Å². The molecule has 3 rings (SSSR count). The first kappa shape index (κ1) is 20.0. The molecule has 1 aliphatic heterocycles. The van der Waals surface area contributed by atoms with Crippen LogP contribution in [0.2, 0.25) is 0 Å². The average Bonchev–Trinajstić information content (AvgIpc) is 3.19. The molecule has 1 aliphatic rings. The van der Waals surface area contributed by atoms with Gasteiger partial charge in [0.1, 0.15) is 23.8 Å². The number of fused-ring (bicyclic) bond motifs is 1. The number of ether oxygens (including phenoxy) is 1. The fraction of sp³-hybridized carbons (Fsp3) is 0.556. The van der Waals surface area contributed by atoms with Crippen molar-refractivity contribution in [3.8, 4) is 11.8 Å². The zero-order valence-electron chi connectivity index (χ0n) is 15.8. The van der Waals surface area contributed by atoms with Crippen LogP contribution in [0, 0.1) is 11.8 Å². The third-order valence-corrected chi connectivity index (χ3v) is 4.47. The Kier molecular flexibility index (Phi) is 6.08. The van der Waals surface area contributed by atoms with Crippen LogP contribution in [0.1, 0.15) is 45.2 Å².